The average molecular weight is 270 g/mol. The van der Waals surface area contributed by atoms with Gasteiger partial charge in [-0.05, 0) is 50.8 Å². The van der Waals surface area contributed by atoms with Gasteiger partial charge in [-0.1, -0.05) is 19.8 Å². The van der Waals surface area contributed by atoms with Crippen molar-refractivity contribution in [3.63, 3.8) is 0 Å². The highest BCUT2D eigenvalue weighted by atomic mass is 32.2. The molecule has 2 fully saturated rings. The molecule has 0 aromatic carbocycles. The normalized spacial score (nSPS) is 34.7. The van der Waals surface area contributed by atoms with Gasteiger partial charge in [0.15, 0.2) is 0 Å². The number of piperidine rings is 1. The van der Waals surface area contributed by atoms with Gasteiger partial charge < -0.3 is 10.6 Å². The molecule has 3 heteroatoms. The highest BCUT2D eigenvalue weighted by Gasteiger charge is 2.34. The van der Waals surface area contributed by atoms with Crippen LogP contribution in [0.15, 0.2) is 0 Å². The van der Waals surface area contributed by atoms with E-state index in [1.807, 2.05) is 11.8 Å². The maximum Gasteiger partial charge on any atom is 0.0158 e. The molecule has 0 spiro atoms. The highest BCUT2D eigenvalue weighted by molar-refractivity contribution is 7.98. The van der Waals surface area contributed by atoms with E-state index < -0.39 is 0 Å². The zero-order valence-electron chi connectivity index (χ0n) is 12.1. The van der Waals surface area contributed by atoms with Crippen LogP contribution in [0.3, 0.4) is 0 Å². The Hall–Kier alpha value is 0.270. The number of thioether (sulfide) groups is 1. The summed E-state index contributed by atoms with van der Waals surface area (Å²) < 4.78 is 0. The van der Waals surface area contributed by atoms with E-state index in [0.717, 1.165) is 18.0 Å². The molecule has 0 radical (unpaired) electrons. The summed E-state index contributed by atoms with van der Waals surface area (Å²) in [6.45, 7) is 3.56. The largest absolute Gasteiger partial charge is 0.314 e. The van der Waals surface area contributed by atoms with Crippen molar-refractivity contribution >= 4 is 11.8 Å². The van der Waals surface area contributed by atoms with Crippen LogP contribution in [-0.4, -0.2) is 36.7 Å². The summed E-state index contributed by atoms with van der Waals surface area (Å²) in [5.41, 5.74) is 0. The minimum atomic E-state index is 0.717. The van der Waals surface area contributed by atoms with E-state index in [4.69, 9.17) is 0 Å². The van der Waals surface area contributed by atoms with Gasteiger partial charge in [-0.25, -0.2) is 0 Å². The third-order valence-electron chi connectivity index (χ3n) is 4.75. The molecule has 106 valence electrons. The zero-order chi connectivity index (χ0) is 12.8. The Balaban J connectivity index is 1.85. The topological polar surface area (TPSA) is 24.1 Å². The van der Waals surface area contributed by atoms with Crippen LogP contribution >= 0.6 is 11.8 Å². The van der Waals surface area contributed by atoms with Crippen molar-refractivity contribution in [2.75, 3.05) is 18.6 Å². The molecule has 1 aliphatic heterocycles. The van der Waals surface area contributed by atoms with Crippen molar-refractivity contribution in [3.8, 4) is 0 Å². The van der Waals surface area contributed by atoms with Gasteiger partial charge in [-0.15, -0.1) is 0 Å². The predicted octanol–water partition coefficient (Wildman–Crippen LogP) is 3.03. The second-order valence-electron chi connectivity index (χ2n) is 5.98. The average Bonchev–Trinajstić information content (AvgIpc) is 2.87. The van der Waals surface area contributed by atoms with Crippen LogP contribution in [0.2, 0.25) is 0 Å². The number of rotatable bonds is 6. The minimum Gasteiger partial charge on any atom is -0.314 e. The second kappa shape index (κ2) is 7.76. The number of hydrogen-bond donors (Lipinski definition) is 2. The Bertz CT molecular complexity index is 229. The molecular formula is C15H30N2S. The standard InChI is InChI=1S/C15H30N2S/c1-3-12(11-18-2)17-15-9-6-7-13(15)14-8-4-5-10-16-14/h12-17H,3-11H2,1-2H3. The summed E-state index contributed by atoms with van der Waals surface area (Å²) in [6.07, 6.45) is 12.0. The Kier molecular flexibility index (Phi) is 6.33. The van der Waals surface area contributed by atoms with Gasteiger partial charge in [-0.2, -0.15) is 11.8 Å². The van der Waals surface area contributed by atoms with Crippen molar-refractivity contribution in [2.24, 2.45) is 5.92 Å². The summed E-state index contributed by atoms with van der Waals surface area (Å²) in [7, 11) is 0. The SMILES string of the molecule is CCC(CSC)NC1CCCC1C1CCCCN1. The fourth-order valence-corrected chi connectivity index (χ4v) is 4.44. The molecular weight excluding hydrogens is 240 g/mol. The van der Waals surface area contributed by atoms with E-state index >= 15 is 0 Å². The predicted molar refractivity (Wildman–Crippen MR) is 82.4 cm³/mol. The first kappa shape index (κ1) is 14.7. The molecule has 0 amide bonds. The Morgan fingerprint density at radius 1 is 1.22 bits per heavy atom. The van der Waals surface area contributed by atoms with Gasteiger partial charge in [0.05, 0.1) is 0 Å². The van der Waals surface area contributed by atoms with Crippen LogP contribution in [0.25, 0.3) is 0 Å². The van der Waals surface area contributed by atoms with Crippen LogP contribution in [-0.2, 0) is 0 Å². The molecule has 18 heavy (non-hydrogen) atoms. The number of nitrogens with one attached hydrogen (secondary N) is 2. The van der Waals surface area contributed by atoms with Crippen LogP contribution in [0.4, 0.5) is 0 Å². The molecule has 0 bridgehead atoms. The molecule has 1 saturated carbocycles. The van der Waals surface area contributed by atoms with E-state index in [9.17, 15) is 0 Å². The maximum atomic E-state index is 3.95. The van der Waals surface area contributed by atoms with E-state index in [-0.39, 0.29) is 0 Å². The lowest BCUT2D eigenvalue weighted by Crippen LogP contribution is -2.49. The van der Waals surface area contributed by atoms with Gasteiger partial charge in [0.2, 0.25) is 0 Å². The summed E-state index contributed by atoms with van der Waals surface area (Å²) in [4.78, 5) is 0. The molecule has 2 aliphatic rings. The maximum absolute atomic E-state index is 3.95. The van der Waals surface area contributed by atoms with Crippen molar-refractivity contribution in [3.05, 3.63) is 0 Å². The minimum absolute atomic E-state index is 0.717. The molecule has 1 saturated heterocycles. The molecule has 1 heterocycles. The van der Waals surface area contributed by atoms with Gasteiger partial charge in [0.25, 0.3) is 0 Å². The smallest absolute Gasteiger partial charge is 0.0158 e. The fraction of sp³-hybridized carbons (Fsp3) is 1.00. The van der Waals surface area contributed by atoms with E-state index in [1.165, 1.54) is 57.2 Å². The summed E-state index contributed by atoms with van der Waals surface area (Å²) in [6, 6.07) is 2.29. The molecule has 0 aromatic heterocycles. The monoisotopic (exact) mass is 270 g/mol. The molecule has 4 unspecified atom stereocenters. The van der Waals surface area contributed by atoms with Gasteiger partial charge >= 0.3 is 0 Å². The van der Waals surface area contributed by atoms with E-state index in [1.54, 1.807) is 0 Å². The Morgan fingerprint density at radius 2 is 2.11 bits per heavy atom. The zero-order valence-corrected chi connectivity index (χ0v) is 12.9. The second-order valence-corrected chi connectivity index (χ2v) is 6.90. The van der Waals surface area contributed by atoms with Crippen molar-refractivity contribution in [2.45, 2.75) is 70.0 Å². The molecule has 2 N–H and O–H groups in total. The van der Waals surface area contributed by atoms with Gasteiger partial charge in [-0.3, -0.25) is 0 Å². The molecule has 2 nitrogen and oxygen atoms in total. The van der Waals surface area contributed by atoms with Crippen molar-refractivity contribution in [1.29, 1.82) is 0 Å². The van der Waals surface area contributed by atoms with Crippen molar-refractivity contribution < 1.29 is 0 Å². The lowest BCUT2D eigenvalue weighted by Gasteiger charge is -2.34. The highest BCUT2D eigenvalue weighted by Crippen LogP contribution is 2.32. The first-order valence-electron chi connectivity index (χ1n) is 7.83. The first-order valence-corrected chi connectivity index (χ1v) is 9.23. The Labute approximate surface area is 117 Å². The quantitative estimate of drug-likeness (QED) is 0.776. The van der Waals surface area contributed by atoms with Crippen LogP contribution in [0.1, 0.15) is 51.9 Å². The lowest BCUT2D eigenvalue weighted by atomic mass is 9.88. The van der Waals surface area contributed by atoms with Crippen LogP contribution in [0, 0.1) is 5.92 Å². The van der Waals surface area contributed by atoms with E-state index in [0.29, 0.717) is 6.04 Å². The molecule has 0 aromatic rings. The lowest BCUT2D eigenvalue weighted by molar-refractivity contribution is 0.248. The van der Waals surface area contributed by atoms with Crippen LogP contribution in [0.5, 0.6) is 0 Å². The third kappa shape index (κ3) is 3.88. The fourth-order valence-electron chi connectivity index (χ4n) is 3.71. The van der Waals surface area contributed by atoms with Gasteiger partial charge in [0.1, 0.15) is 0 Å². The van der Waals surface area contributed by atoms with E-state index in [2.05, 4.69) is 23.8 Å². The molecule has 4 atom stereocenters. The number of hydrogen-bond acceptors (Lipinski definition) is 3. The molecule has 1 aliphatic carbocycles. The van der Waals surface area contributed by atoms with Crippen LogP contribution < -0.4 is 10.6 Å². The third-order valence-corrected chi connectivity index (χ3v) is 5.48. The summed E-state index contributed by atoms with van der Waals surface area (Å²) in [5.74, 6) is 2.15. The first-order chi connectivity index (χ1) is 8.85. The molecule has 2 rings (SSSR count). The van der Waals surface area contributed by atoms with Gasteiger partial charge in [0, 0.05) is 23.9 Å². The summed E-state index contributed by atoms with van der Waals surface area (Å²) in [5, 5.41) is 7.72. The Morgan fingerprint density at radius 3 is 2.78 bits per heavy atom. The summed E-state index contributed by atoms with van der Waals surface area (Å²) >= 11 is 1.98. The van der Waals surface area contributed by atoms with Crippen molar-refractivity contribution in [1.82, 2.24) is 10.6 Å².